The molecule has 2 aromatic rings. The summed E-state index contributed by atoms with van der Waals surface area (Å²) >= 11 is 3.14. The van der Waals surface area contributed by atoms with Crippen molar-refractivity contribution >= 4 is 37.3 Å². The first-order valence-electron chi connectivity index (χ1n) is 5.26. The van der Waals surface area contributed by atoms with Gasteiger partial charge in [-0.2, -0.15) is 0 Å². The Morgan fingerprint density at radius 2 is 1.85 bits per heavy atom. The van der Waals surface area contributed by atoms with Gasteiger partial charge in [-0.15, -0.1) is 0 Å². The highest BCUT2D eigenvalue weighted by Gasteiger charge is 2.15. The van der Waals surface area contributed by atoms with Gasteiger partial charge in [0.05, 0.1) is 4.92 Å². The third-order valence-electron chi connectivity index (χ3n) is 2.32. The number of halogens is 1. The summed E-state index contributed by atoms with van der Waals surface area (Å²) in [7, 11) is -3.78. The number of aromatic nitrogens is 1. The molecule has 0 saturated carbocycles. The lowest BCUT2D eigenvalue weighted by molar-refractivity contribution is -0.384. The van der Waals surface area contributed by atoms with Crippen molar-refractivity contribution in [2.24, 2.45) is 0 Å². The molecule has 0 spiro atoms. The van der Waals surface area contributed by atoms with Crippen molar-refractivity contribution in [1.82, 2.24) is 4.98 Å². The molecular formula is C11H8BrN3O4S. The smallest absolute Gasteiger partial charge is 0.269 e. The largest absolute Gasteiger partial charge is 0.280 e. The van der Waals surface area contributed by atoms with Crippen LogP contribution in [0.2, 0.25) is 0 Å². The van der Waals surface area contributed by atoms with E-state index in [1.165, 1.54) is 42.7 Å². The second kappa shape index (κ2) is 5.55. The van der Waals surface area contributed by atoms with Crippen LogP contribution in [-0.4, -0.2) is 18.3 Å². The summed E-state index contributed by atoms with van der Waals surface area (Å²) in [4.78, 5) is 13.7. The maximum Gasteiger partial charge on any atom is 0.269 e. The van der Waals surface area contributed by atoms with E-state index in [0.29, 0.717) is 4.47 Å². The van der Waals surface area contributed by atoms with Gasteiger partial charge in [0, 0.05) is 34.7 Å². The summed E-state index contributed by atoms with van der Waals surface area (Å²) < 4.78 is 27.0. The van der Waals surface area contributed by atoms with Crippen molar-refractivity contribution in [3.8, 4) is 0 Å². The minimum atomic E-state index is -3.78. The van der Waals surface area contributed by atoms with Gasteiger partial charge in [-0.3, -0.25) is 19.8 Å². The Bertz CT molecular complexity index is 747. The van der Waals surface area contributed by atoms with Crippen LogP contribution in [0.5, 0.6) is 0 Å². The second-order valence-electron chi connectivity index (χ2n) is 3.75. The Kier molecular flexibility index (Phi) is 4.00. The molecule has 0 radical (unpaired) electrons. The molecule has 1 heterocycles. The van der Waals surface area contributed by atoms with Gasteiger partial charge in [-0.05, 0) is 34.1 Å². The van der Waals surface area contributed by atoms with Gasteiger partial charge in [0.15, 0.2) is 0 Å². The zero-order valence-corrected chi connectivity index (χ0v) is 12.3. The molecule has 0 fully saturated rings. The number of nitrogens with zero attached hydrogens (tertiary/aromatic N) is 2. The normalized spacial score (nSPS) is 11.1. The van der Waals surface area contributed by atoms with E-state index in [4.69, 9.17) is 0 Å². The van der Waals surface area contributed by atoms with Crippen LogP contribution in [0.15, 0.2) is 52.1 Å². The highest BCUT2D eigenvalue weighted by Crippen LogP contribution is 2.20. The van der Waals surface area contributed by atoms with Gasteiger partial charge in [0.1, 0.15) is 4.90 Å². The Morgan fingerprint density at radius 3 is 2.40 bits per heavy atom. The number of nitrogens with one attached hydrogen (secondary N) is 1. The van der Waals surface area contributed by atoms with Gasteiger partial charge in [0.25, 0.3) is 15.7 Å². The molecule has 9 heteroatoms. The van der Waals surface area contributed by atoms with Crippen molar-refractivity contribution in [1.29, 1.82) is 0 Å². The van der Waals surface area contributed by atoms with Crippen molar-refractivity contribution in [2.75, 3.05) is 4.72 Å². The van der Waals surface area contributed by atoms with Gasteiger partial charge >= 0.3 is 0 Å². The lowest BCUT2D eigenvalue weighted by atomic mass is 10.3. The van der Waals surface area contributed by atoms with Gasteiger partial charge in [-0.1, -0.05) is 0 Å². The molecule has 0 atom stereocenters. The zero-order valence-electron chi connectivity index (χ0n) is 9.86. The maximum absolute atomic E-state index is 12.1. The van der Waals surface area contributed by atoms with Crippen molar-refractivity contribution in [3.63, 3.8) is 0 Å². The van der Waals surface area contributed by atoms with E-state index in [-0.39, 0.29) is 16.3 Å². The first kappa shape index (κ1) is 14.4. The van der Waals surface area contributed by atoms with E-state index in [0.717, 1.165) is 0 Å². The number of anilines is 1. The van der Waals surface area contributed by atoms with E-state index < -0.39 is 14.9 Å². The number of sulfonamides is 1. The fourth-order valence-corrected chi connectivity index (χ4v) is 2.97. The Labute approximate surface area is 123 Å². The van der Waals surface area contributed by atoms with E-state index in [1.54, 1.807) is 0 Å². The third-order valence-corrected chi connectivity index (χ3v) is 4.10. The Balaban J connectivity index is 2.26. The summed E-state index contributed by atoms with van der Waals surface area (Å²) in [5, 5.41) is 10.5. The minimum absolute atomic E-state index is 0.00905. The van der Waals surface area contributed by atoms with E-state index in [9.17, 15) is 18.5 Å². The number of rotatable bonds is 4. The van der Waals surface area contributed by atoms with E-state index in [2.05, 4.69) is 25.6 Å². The molecular weight excluding hydrogens is 350 g/mol. The average Bonchev–Trinajstić information content (AvgIpc) is 2.39. The summed E-state index contributed by atoms with van der Waals surface area (Å²) in [6.07, 6.45) is 2.67. The summed E-state index contributed by atoms with van der Waals surface area (Å²) in [5.41, 5.74) is 0.118. The van der Waals surface area contributed by atoms with Crippen LogP contribution >= 0.6 is 15.9 Å². The highest BCUT2D eigenvalue weighted by molar-refractivity contribution is 9.10. The van der Waals surface area contributed by atoms with Crippen LogP contribution in [0.1, 0.15) is 0 Å². The van der Waals surface area contributed by atoms with Crippen molar-refractivity contribution in [3.05, 3.63) is 57.3 Å². The van der Waals surface area contributed by atoms with Gasteiger partial charge < -0.3 is 0 Å². The van der Waals surface area contributed by atoms with Crippen molar-refractivity contribution < 1.29 is 13.3 Å². The molecule has 1 aromatic heterocycles. The topological polar surface area (TPSA) is 102 Å². The molecule has 0 aliphatic rings. The molecule has 104 valence electrons. The first-order valence-corrected chi connectivity index (χ1v) is 7.54. The maximum atomic E-state index is 12.1. The van der Waals surface area contributed by atoms with Crippen LogP contribution in [0.4, 0.5) is 11.4 Å². The molecule has 0 bridgehead atoms. The van der Waals surface area contributed by atoms with Crippen LogP contribution < -0.4 is 4.72 Å². The average molecular weight is 358 g/mol. The summed E-state index contributed by atoms with van der Waals surface area (Å²) in [6, 6.07) is 6.48. The standard InChI is InChI=1S/C11H8BrN3O4S/c12-8-5-11(7-13-6-8)20(18,19)14-9-1-3-10(4-2-9)15(16)17/h1-7,14H. The molecule has 20 heavy (non-hydrogen) atoms. The quantitative estimate of drug-likeness (QED) is 0.668. The summed E-state index contributed by atoms with van der Waals surface area (Å²) in [6.45, 7) is 0. The predicted octanol–water partition coefficient (Wildman–Crippen LogP) is 2.55. The Morgan fingerprint density at radius 1 is 1.20 bits per heavy atom. The third kappa shape index (κ3) is 3.31. The van der Waals surface area contributed by atoms with E-state index in [1.807, 2.05) is 0 Å². The second-order valence-corrected chi connectivity index (χ2v) is 6.35. The van der Waals surface area contributed by atoms with Crippen molar-refractivity contribution in [2.45, 2.75) is 4.90 Å². The SMILES string of the molecule is O=[N+]([O-])c1ccc(NS(=O)(=O)c2cncc(Br)c2)cc1. The molecule has 0 aliphatic heterocycles. The molecule has 1 aromatic carbocycles. The molecule has 0 unspecified atom stereocenters. The predicted molar refractivity (Wildman–Crippen MR) is 75.8 cm³/mol. The molecule has 0 aliphatic carbocycles. The number of hydrogen-bond donors (Lipinski definition) is 1. The highest BCUT2D eigenvalue weighted by atomic mass is 79.9. The number of non-ortho nitro benzene ring substituents is 1. The first-order chi connectivity index (χ1) is 9.38. The van der Waals surface area contributed by atoms with Gasteiger partial charge in [-0.25, -0.2) is 8.42 Å². The number of pyridine rings is 1. The number of benzene rings is 1. The van der Waals surface area contributed by atoms with Crippen LogP contribution in [0.25, 0.3) is 0 Å². The Hall–Kier alpha value is -2.00. The number of nitro groups is 1. The number of nitro benzene ring substituents is 1. The minimum Gasteiger partial charge on any atom is -0.280 e. The lowest BCUT2D eigenvalue weighted by Crippen LogP contribution is -2.13. The molecule has 0 amide bonds. The molecule has 0 saturated heterocycles. The van der Waals surface area contributed by atoms with E-state index >= 15 is 0 Å². The van der Waals surface area contributed by atoms with Crippen LogP contribution in [0, 0.1) is 10.1 Å². The van der Waals surface area contributed by atoms with Crippen LogP contribution in [-0.2, 0) is 10.0 Å². The monoisotopic (exact) mass is 357 g/mol. The fraction of sp³-hybridized carbons (Fsp3) is 0. The molecule has 1 N–H and O–H groups in total. The molecule has 7 nitrogen and oxygen atoms in total. The lowest BCUT2D eigenvalue weighted by Gasteiger charge is -2.07. The van der Waals surface area contributed by atoms with Crippen LogP contribution in [0.3, 0.4) is 0 Å². The fourth-order valence-electron chi connectivity index (χ4n) is 1.40. The number of hydrogen-bond acceptors (Lipinski definition) is 5. The summed E-state index contributed by atoms with van der Waals surface area (Å²) in [5.74, 6) is 0. The molecule has 2 rings (SSSR count). The zero-order chi connectivity index (χ0) is 14.8. The van der Waals surface area contributed by atoms with Gasteiger partial charge in [0.2, 0.25) is 0 Å².